The maximum Gasteiger partial charge on any atom is 0.220 e. The average molecular weight is 226 g/mol. The van der Waals surface area contributed by atoms with Gasteiger partial charge in [-0.05, 0) is 5.41 Å². The van der Waals surface area contributed by atoms with Crippen molar-refractivity contribution in [2.24, 2.45) is 5.18 Å². The predicted octanol–water partition coefficient (Wildman–Crippen LogP) is 2.13. The summed E-state index contributed by atoms with van der Waals surface area (Å²) < 4.78 is 0.407. The monoisotopic (exact) mass is 226 g/mol. The fraction of sp³-hybridized carbons (Fsp3) is 0.600. The Morgan fingerprint density at radius 1 is 1.40 bits per heavy atom. The fourth-order valence-corrected chi connectivity index (χ4v) is 2.01. The van der Waals surface area contributed by atoms with Crippen molar-refractivity contribution >= 4 is 17.9 Å². The molecule has 1 aromatic rings. The zero-order valence-corrected chi connectivity index (χ0v) is 9.90. The van der Waals surface area contributed by atoms with Crippen molar-refractivity contribution in [3.05, 3.63) is 25.2 Å². The Kier molecular flexibility index (Phi) is 3.34. The van der Waals surface area contributed by atoms with Crippen LogP contribution in [-0.4, -0.2) is 13.1 Å². The second-order valence-electron chi connectivity index (χ2n) is 4.44. The lowest BCUT2D eigenvalue weighted by molar-refractivity contribution is 0.584. The van der Waals surface area contributed by atoms with Gasteiger partial charge in [-0.2, -0.15) is 4.91 Å². The van der Waals surface area contributed by atoms with E-state index in [4.69, 9.17) is 12.2 Å². The van der Waals surface area contributed by atoms with E-state index in [1.807, 2.05) is 20.8 Å². The first-order valence-corrected chi connectivity index (χ1v) is 5.17. The van der Waals surface area contributed by atoms with Crippen molar-refractivity contribution in [3.8, 4) is 0 Å². The number of hydrogen-bond donors (Lipinski definition) is 1. The van der Waals surface area contributed by atoms with Gasteiger partial charge in [-0.1, -0.05) is 38.2 Å². The highest BCUT2D eigenvalue weighted by Gasteiger charge is 2.27. The lowest BCUT2D eigenvalue weighted by Gasteiger charge is -2.25. The van der Waals surface area contributed by atoms with E-state index >= 15 is 0 Å². The van der Waals surface area contributed by atoms with Crippen LogP contribution in [0, 0.1) is 9.42 Å². The van der Waals surface area contributed by atoms with Gasteiger partial charge in [0.2, 0.25) is 5.43 Å². The molecule has 1 aromatic carbocycles. The Morgan fingerprint density at radius 3 is 2.47 bits per heavy atom. The first-order valence-electron chi connectivity index (χ1n) is 4.76. The topological polar surface area (TPSA) is 58.5 Å². The van der Waals surface area contributed by atoms with Crippen LogP contribution in [-0.2, 0) is 5.41 Å². The summed E-state index contributed by atoms with van der Waals surface area (Å²) in [6.45, 7) is 6.54. The summed E-state index contributed by atoms with van der Waals surface area (Å²) in [6.07, 6.45) is 0. The largest absolute Gasteiger partial charge is 0.380 e. The van der Waals surface area contributed by atoms with E-state index in [1.54, 1.807) is 0 Å². The summed E-state index contributed by atoms with van der Waals surface area (Å²) in [5.41, 5.74) is 1.17. The molecule has 4 nitrogen and oxygen atoms in total. The molecule has 0 atom stereocenters. The van der Waals surface area contributed by atoms with E-state index < -0.39 is 0 Å². The minimum Gasteiger partial charge on any atom is -0.380 e. The molecule has 0 radical (unpaired) electrons. The van der Waals surface area contributed by atoms with Gasteiger partial charge >= 0.3 is 0 Å². The first kappa shape index (κ1) is 12.0. The summed E-state index contributed by atoms with van der Waals surface area (Å²) in [7, 11) is 0. The molecule has 0 bridgehead atoms. The van der Waals surface area contributed by atoms with Crippen LogP contribution in [0.3, 0.4) is 0 Å². The van der Waals surface area contributed by atoms with Crippen molar-refractivity contribution < 1.29 is 0 Å². The van der Waals surface area contributed by atoms with Gasteiger partial charge in [0.1, 0.15) is 0 Å². The molecule has 0 amide bonds. The Morgan fingerprint density at radius 2 is 2.00 bits per heavy atom. The lowest BCUT2D eigenvalue weighted by Crippen LogP contribution is -2.29. The van der Waals surface area contributed by atoms with Crippen LogP contribution in [0.2, 0.25) is 0 Å². The molecule has 82 valence electrons. The van der Waals surface area contributed by atoms with Gasteiger partial charge in [0.05, 0.1) is 16.7 Å². The molecule has 0 saturated heterocycles. The van der Waals surface area contributed by atoms with Crippen molar-refractivity contribution in [1.29, 1.82) is 0 Å². The quantitative estimate of drug-likeness (QED) is 0.485. The van der Waals surface area contributed by atoms with Crippen molar-refractivity contribution in [3.63, 3.8) is 0 Å². The number of nitroso groups, excluding NO2 is 1. The number of nitrogens with zero attached hydrogens (tertiary/aromatic N) is 1. The van der Waals surface area contributed by atoms with Crippen molar-refractivity contribution in [1.82, 2.24) is 0 Å². The SMILES string of the molecule is CC(C)(C)c1c(NCCN=O)c(=O)c1=S. The van der Waals surface area contributed by atoms with E-state index in [-0.39, 0.29) is 17.4 Å². The Bertz CT molecular complexity index is 439. The van der Waals surface area contributed by atoms with Crippen molar-refractivity contribution in [2.45, 2.75) is 26.2 Å². The van der Waals surface area contributed by atoms with Crippen LogP contribution in [0.1, 0.15) is 26.3 Å². The standard InChI is InChI=1S/C10H14N2O2S/c1-10(2,3)6-7(8(13)9(6)15)11-4-5-12-14/h11H,4-5H2,1-3H3. The normalized spacial score (nSPS) is 11.7. The average Bonchev–Trinajstić information content (AvgIpc) is 2.13. The van der Waals surface area contributed by atoms with Crippen LogP contribution in [0.5, 0.6) is 0 Å². The smallest absolute Gasteiger partial charge is 0.220 e. The van der Waals surface area contributed by atoms with Crippen LogP contribution in [0.15, 0.2) is 9.97 Å². The molecular weight excluding hydrogens is 212 g/mol. The third kappa shape index (κ3) is 2.28. The zero-order valence-electron chi connectivity index (χ0n) is 9.09. The van der Waals surface area contributed by atoms with Gasteiger partial charge < -0.3 is 5.32 Å². The van der Waals surface area contributed by atoms with E-state index in [9.17, 15) is 9.70 Å². The highest BCUT2D eigenvalue weighted by atomic mass is 32.1. The van der Waals surface area contributed by atoms with Crippen LogP contribution < -0.4 is 10.7 Å². The molecule has 0 saturated carbocycles. The molecule has 0 unspecified atom stereocenters. The number of rotatable bonds is 4. The van der Waals surface area contributed by atoms with Crippen LogP contribution in [0.25, 0.3) is 0 Å². The van der Waals surface area contributed by atoms with Gasteiger partial charge in [0.15, 0.2) is 0 Å². The molecule has 0 aliphatic carbocycles. The molecule has 0 fully saturated rings. The zero-order chi connectivity index (χ0) is 11.6. The maximum absolute atomic E-state index is 11.4. The highest BCUT2D eigenvalue weighted by Crippen LogP contribution is 2.30. The van der Waals surface area contributed by atoms with Gasteiger partial charge in [-0.25, -0.2) is 0 Å². The molecule has 1 N–H and O–H groups in total. The molecule has 1 rings (SSSR count). The third-order valence-corrected chi connectivity index (χ3v) is 2.55. The van der Waals surface area contributed by atoms with Gasteiger partial charge in [0, 0.05) is 12.1 Å². The van der Waals surface area contributed by atoms with Gasteiger partial charge in [-0.3, -0.25) is 4.79 Å². The number of hydrogen-bond acceptors (Lipinski definition) is 5. The van der Waals surface area contributed by atoms with Crippen molar-refractivity contribution in [2.75, 3.05) is 18.4 Å². The Hall–Kier alpha value is -1.10. The molecule has 0 aliphatic rings. The highest BCUT2D eigenvalue weighted by molar-refractivity contribution is 7.71. The summed E-state index contributed by atoms with van der Waals surface area (Å²) >= 11 is 5.00. The number of nitrogens with one attached hydrogen (secondary N) is 1. The summed E-state index contributed by atoms with van der Waals surface area (Å²) in [4.78, 5) is 21.3. The van der Waals surface area contributed by atoms with E-state index in [2.05, 4.69) is 10.5 Å². The third-order valence-electron chi connectivity index (χ3n) is 2.17. The lowest BCUT2D eigenvalue weighted by atomic mass is 9.83. The fourth-order valence-electron chi connectivity index (χ4n) is 1.50. The molecule has 5 heteroatoms. The van der Waals surface area contributed by atoms with E-state index in [0.717, 1.165) is 5.56 Å². The first-order chi connectivity index (χ1) is 6.89. The minimum absolute atomic E-state index is 0.124. The Balaban J connectivity index is 2.90. The van der Waals surface area contributed by atoms with Gasteiger partial charge in [0.25, 0.3) is 0 Å². The molecule has 0 aromatic heterocycles. The van der Waals surface area contributed by atoms with E-state index in [1.165, 1.54) is 0 Å². The summed E-state index contributed by atoms with van der Waals surface area (Å²) in [5.74, 6) is 0. The second-order valence-corrected chi connectivity index (χ2v) is 4.85. The summed E-state index contributed by atoms with van der Waals surface area (Å²) in [5, 5.41) is 5.62. The van der Waals surface area contributed by atoms with Gasteiger partial charge in [-0.15, -0.1) is 0 Å². The molecular formula is C10H14N2O2S. The minimum atomic E-state index is -0.137. The van der Waals surface area contributed by atoms with Crippen LogP contribution >= 0.6 is 12.2 Å². The van der Waals surface area contributed by atoms with Crippen LogP contribution in [0.4, 0.5) is 5.69 Å². The molecule has 15 heavy (non-hydrogen) atoms. The maximum atomic E-state index is 11.4. The second kappa shape index (κ2) is 4.18. The predicted molar refractivity (Wildman–Crippen MR) is 63.8 cm³/mol. The summed E-state index contributed by atoms with van der Waals surface area (Å²) in [6, 6.07) is 0. The molecule has 0 aliphatic heterocycles. The number of anilines is 1. The Labute approximate surface area is 93.4 Å². The van der Waals surface area contributed by atoms with E-state index in [0.29, 0.717) is 16.7 Å². The molecule has 0 heterocycles. The molecule has 0 spiro atoms.